The number of aryl methyl sites for hydroxylation is 1. The smallest absolute Gasteiger partial charge is 0.0933 e. The standard InChI is InChI=1S/C12H12ClNOS/c13-10-5-3-9(4-6-10)11-8-16-12(14-11)2-1-7-15/h3-6,8,15H,1-2,7H2. The van der Waals surface area contributed by atoms with Crippen molar-refractivity contribution in [1.82, 2.24) is 4.98 Å². The fourth-order valence-electron chi connectivity index (χ4n) is 1.41. The van der Waals surface area contributed by atoms with Gasteiger partial charge in [-0.2, -0.15) is 0 Å². The van der Waals surface area contributed by atoms with E-state index in [9.17, 15) is 0 Å². The molecule has 0 radical (unpaired) electrons. The lowest BCUT2D eigenvalue weighted by Crippen LogP contribution is -1.88. The Morgan fingerprint density at radius 3 is 2.69 bits per heavy atom. The minimum absolute atomic E-state index is 0.218. The van der Waals surface area contributed by atoms with Crippen molar-refractivity contribution in [2.24, 2.45) is 0 Å². The highest BCUT2D eigenvalue weighted by Gasteiger charge is 2.04. The van der Waals surface area contributed by atoms with Crippen molar-refractivity contribution in [3.63, 3.8) is 0 Å². The minimum atomic E-state index is 0.218. The van der Waals surface area contributed by atoms with Crippen LogP contribution >= 0.6 is 22.9 Å². The summed E-state index contributed by atoms with van der Waals surface area (Å²) in [4.78, 5) is 4.51. The Bertz CT molecular complexity index is 452. The number of rotatable bonds is 4. The van der Waals surface area contributed by atoms with Gasteiger partial charge in [-0.15, -0.1) is 11.3 Å². The summed E-state index contributed by atoms with van der Waals surface area (Å²) in [7, 11) is 0. The lowest BCUT2D eigenvalue weighted by Gasteiger charge is -1.96. The second-order valence-corrected chi connectivity index (χ2v) is 4.84. The van der Waals surface area contributed by atoms with E-state index in [4.69, 9.17) is 16.7 Å². The van der Waals surface area contributed by atoms with E-state index < -0.39 is 0 Å². The summed E-state index contributed by atoms with van der Waals surface area (Å²) >= 11 is 7.46. The molecule has 0 aliphatic heterocycles. The van der Waals surface area contributed by atoms with Crippen molar-refractivity contribution in [3.8, 4) is 11.3 Å². The Morgan fingerprint density at radius 1 is 1.25 bits per heavy atom. The van der Waals surface area contributed by atoms with Gasteiger partial charge < -0.3 is 5.11 Å². The predicted molar refractivity (Wildman–Crippen MR) is 68.0 cm³/mol. The van der Waals surface area contributed by atoms with Gasteiger partial charge in [0, 0.05) is 29.0 Å². The van der Waals surface area contributed by atoms with Crippen molar-refractivity contribution in [1.29, 1.82) is 0 Å². The molecule has 0 aliphatic rings. The average molecular weight is 254 g/mol. The highest BCUT2D eigenvalue weighted by atomic mass is 35.5. The van der Waals surface area contributed by atoms with Gasteiger partial charge in [0.2, 0.25) is 0 Å². The molecule has 1 heterocycles. The number of hydrogen-bond acceptors (Lipinski definition) is 3. The van der Waals surface area contributed by atoms with Crippen molar-refractivity contribution in [2.45, 2.75) is 12.8 Å². The molecule has 0 amide bonds. The van der Waals surface area contributed by atoms with E-state index in [2.05, 4.69) is 4.98 Å². The van der Waals surface area contributed by atoms with Crippen LogP contribution in [0.4, 0.5) is 0 Å². The maximum absolute atomic E-state index is 8.74. The topological polar surface area (TPSA) is 33.1 Å². The third-order valence-corrected chi connectivity index (χ3v) is 3.40. The van der Waals surface area contributed by atoms with Crippen LogP contribution in [0.2, 0.25) is 5.02 Å². The normalized spacial score (nSPS) is 10.6. The van der Waals surface area contributed by atoms with Crippen molar-refractivity contribution in [2.75, 3.05) is 6.61 Å². The van der Waals surface area contributed by atoms with Crippen LogP contribution in [0, 0.1) is 0 Å². The minimum Gasteiger partial charge on any atom is -0.396 e. The molecule has 0 spiro atoms. The van der Waals surface area contributed by atoms with Gasteiger partial charge in [-0.25, -0.2) is 4.98 Å². The maximum Gasteiger partial charge on any atom is 0.0933 e. The molecule has 4 heteroatoms. The number of aromatic nitrogens is 1. The van der Waals surface area contributed by atoms with Gasteiger partial charge in [-0.1, -0.05) is 23.7 Å². The van der Waals surface area contributed by atoms with Gasteiger partial charge in [-0.05, 0) is 18.6 Å². The molecule has 0 aliphatic carbocycles. The number of thiazole rings is 1. The molecule has 1 aromatic carbocycles. The molecule has 2 rings (SSSR count). The second kappa shape index (κ2) is 5.43. The van der Waals surface area contributed by atoms with Crippen LogP contribution in [0.1, 0.15) is 11.4 Å². The molecule has 1 aromatic heterocycles. The molecule has 1 N–H and O–H groups in total. The van der Waals surface area contributed by atoms with Crippen LogP contribution in [-0.4, -0.2) is 16.7 Å². The Morgan fingerprint density at radius 2 is 2.00 bits per heavy atom. The van der Waals surface area contributed by atoms with Crippen LogP contribution in [0.25, 0.3) is 11.3 Å². The van der Waals surface area contributed by atoms with Gasteiger partial charge in [0.15, 0.2) is 0 Å². The number of hydrogen-bond donors (Lipinski definition) is 1. The molecule has 0 fully saturated rings. The number of benzene rings is 1. The quantitative estimate of drug-likeness (QED) is 0.906. The fraction of sp³-hybridized carbons (Fsp3) is 0.250. The van der Waals surface area contributed by atoms with Crippen LogP contribution in [-0.2, 0) is 6.42 Å². The monoisotopic (exact) mass is 253 g/mol. The number of aliphatic hydroxyl groups excluding tert-OH is 1. The molecule has 2 aromatic rings. The predicted octanol–water partition coefficient (Wildman–Crippen LogP) is 3.39. The lowest BCUT2D eigenvalue weighted by molar-refractivity contribution is 0.288. The molecule has 0 unspecified atom stereocenters. The summed E-state index contributed by atoms with van der Waals surface area (Å²) in [5.41, 5.74) is 2.06. The third kappa shape index (κ3) is 2.82. The zero-order chi connectivity index (χ0) is 11.4. The summed E-state index contributed by atoms with van der Waals surface area (Å²) in [5, 5.41) is 12.6. The maximum atomic E-state index is 8.74. The van der Waals surface area contributed by atoms with E-state index in [-0.39, 0.29) is 6.61 Å². The molecular weight excluding hydrogens is 242 g/mol. The number of halogens is 1. The molecule has 2 nitrogen and oxygen atoms in total. The van der Waals surface area contributed by atoms with Crippen LogP contribution < -0.4 is 0 Å². The van der Waals surface area contributed by atoms with Crippen molar-refractivity contribution < 1.29 is 5.11 Å². The Kier molecular flexibility index (Phi) is 3.93. The second-order valence-electron chi connectivity index (χ2n) is 3.46. The van der Waals surface area contributed by atoms with E-state index in [1.165, 1.54) is 0 Å². The van der Waals surface area contributed by atoms with Crippen LogP contribution in [0.15, 0.2) is 29.6 Å². The number of aliphatic hydroxyl groups is 1. The van der Waals surface area contributed by atoms with Gasteiger partial charge >= 0.3 is 0 Å². The van der Waals surface area contributed by atoms with E-state index in [1.54, 1.807) is 11.3 Å². The summed E-state index contributed by atoms with van der Waals surface area (Å²) in [6.07, 6.45) is 1.61. The molecule has 0 bridgehead atoms. The summed E-state index contributed by atoms with van der Waals surface area (Å²) < 4.78 is 0. The largest absolute Gasteiger partial charge is 0.396 e. The summed E-state index contributed by atoms with van der Waals surface area (Å²) in [6.45, 7) is 0.218. The summed E-state index contributed by atoms with van der Waals surface area (Å²) in [5.74, 6) is 0. The summed E-state index contributed by atoms with van der Waals surface area (Å²) in [6, 6.07) is 7.66. The highest BCUT2D eigenvalue weighted by Crippen LogP contribution is 2.23. The molecular formula is C12H12ClNOS. The first-order valence-corrected chi connectivity index (χ1v) is 6.36. The Balaban J connectivity index is 2.15. The van der Waals surface area contributed by atoms with E-state index in [0.29, 0.717) is 0 Å². The average Bonchev–Trinajstić information content (AvgIpc) is 2.76. The molecule has 0 saturated carbocycles. The van der Waals surface area contributed by atoms with Gasteiger partial charge in [-0.3, -0.25) is 0 Å². The van der Waals surface area contributed by atoms with E-state index in [1.807, 2.05) is 29.6 Å². The van der Waals surface area contributed by atoms with Crippen LogP contribution in [0.5, 0.6) is 0 Å². The fourth-order valence-corrected chi connectivity index (χ4v) is 2.38. The number of nitrogens with zero attached hydrogens (tertiary/aromatic N) is 1. The van der Waals surface area contributed by atoms with Gasteiger partial charge in [0.1, 0.15) is 0 Å². The molecule has 84 valence electrons. The van der Waals surface area contributed by atoms with E-state index >= 15 is 0 Å². The SMILES string of the molecule is OCCCc1nc(-c2ccc(Cl)cc2)cs1. The first-order valence-electron chi connectivity index (χ1n) is 5.11. The first-order chi connectivity index (χ1) is 7.79. The molecule has 16 heavy (non-hydrogen) atoms. The van der Waals surface area contributed by atoms with Crippen molar-refractivity contribution in [3.05, 3.63) is 39.7 Å². The first kappa shape index (κ1) is 11.6. The zero-order valence-electron chi connectivity index (χ0n) is 8.69. The van der Waals surface area contributed by atoms with E-state index in [0.717, 1.165) is 34.1 Å². The zero-order valence-corrected chi connectivity index (χ0v) is 10.3. The highest BCUT2D eigenvalue weighted by molar-refractivity contribution is 7.09. The molecule has 0 saturated heterocycles. The Hall–Kier alpha value is -0.900. The lowest BCUT2D eigenvalue weighted by atomic mass is 10.2. The van der Waals surface area contributed by atoms with Crippen molar-refractivity contribution >= 4 is 22.9 Å². The van der Waals surface area contributed by atoms with Crippen LogP contribution in [0.3, 0.4) is 0 Å². The Labute approximate surface area is 104 Å². The van der Waals surface area contributed by atoms with Gasteiger partial charge in [0.05, 0.1) is 10.7 Å². The third-order valence-electron chi connectivity index (χ3n) is 2.24. The molecule has 0 atom stereocenters. The van der Waals surface area contributed by atoms with Gasteiger partial charge in [0.25, 0.3) is 0 Å².